The van der Waals surface area contributed by atoms with Gasteiger partial charge in [-0.05, 0) is 13.0 Å². The van der Waals surface area contributed by atoms with Crippen LogP contribution < -0.4 is 10.0 Å². The normalized spacial score (nSPS) is 23.2. The maximum absolute atomic E-state index is 11.1. The van der Waals surface area contributed by atoms with Crippen molar-refractivity contribution >= 4 is 16.0 Å². The van der Waals surface area contributed by atoms with E-state index >= 15 is 0 Å². The van der Waals surface area contributed by atoms with E-state index < -0.39 is 21.7 Å². The Morgan fingerprint density at radius 2 is 2.31 bits per heavy atom. The number of hydrogen-bond acceptors (Lipinski definition) is 4. The zero-order valence-corrected chi connectivity index (χ0v) is 7.80. The summed E-state index contributed by atoms with van der Waals surface area (Å²) in [6.07, 6.45) is 0.707. The minimum atomic E-state index is -3.65. The van der Waals surface area contributed by atoms with Crippen molar-refractivity contribution in [3.8, 4) is 0 Å². The molecule has 13 heavy (non-hydrogen) atoms. The Kier molecular flexibility index (Phi) is 3.23. The van der Waals surface area contributed by atoms with Gasteiger partial charge in [-0.2, -0.15) is 0 Å². The smallest absolute Gasteiger partial charge is 0.320 e. The van der Waals surface area contributed by atoms with E-state index in [4.69, 9.17) is 5.11 Å². The Morgan fingerprint density at radius 3 is 2.77 bits per heavy atom. The Balaban J connectivity index is 2.46. The molecule has 1 aliphatic heterocycles. The van der Waals surface area contributed by atoms with Gasteiger partial charge in [0.15, 0.2) is 5.75 Å². The second-order valence-corrected chi connectivity index (χ2v) is 4.71. The highest BCUT2D eigenvalue weighted by Gasteiger charge is 2.22. The van der Waals surface area contributed by atoms with Crippen molar-refractivity contribution in [2.45, 2.75) is 12.5 Å². The van der Waals surface area contributed by atoms with Crippen LogP contribution in [0.15, 0.2) is 0 Å². The van der Waals surface area contributed by atoms with Gasteiger partial charge < -0.3 is 10.4 Å². The molecule has 3 N–H and O–H groups in total. The average molecular weight is 208 g/mol. The molecule has 0 aliphatic carbocycles. The first kappa shape index (κ1) is 10.4. The van der Waals surface area contributed by atoms with Crippen molar-refractivity contribution in [3.05, 3.63) is 0 Å². The van der Waals surface area contributed by atoms with Crippen molar-refractivity contribution in [1.29, 1.82) is 0 Å². The van der Waals surface area contributed by atoms with E-state index in [0.717, 1.165) is 6.54 Å². The van der Waals surface area contributed by atoms with E-state index in [1.807, 2.05) is 0 Å². The number of sulfonamides is 1. The van der Waals surface area contributed by atoms with Crippen LogP contribution in [0.25, 0.3) is 0 Å². The number of carboxylic acid groups (broad SMARTS) is 1. The summed E-state index contributed by atoms with van der Waals surface area (Å²) < 4.78 is 24.5. The first-order valence-electron chi connectivity index (χ1n) is 3.92. The van der Waals surface area contributed by atoms with Crippen LogP contribution in [0.1, 0.15) is 6.42 Å². The third-order valence-electron chi connectivity index (χ3n) is 1.72. The van der Waals surface area contributed by atoms with Crippen LogP contribution in [-0.4, -0.2) is 44.4 Å². The number of rotatable bonds is 4. The van der Waals surface area contributed by atoms with Gasteiger partial charge in [0.1, 0.15) is 0 Å². The monoisotopic (exact) mass is 208 g/mol. The lowest BCUT2D eigenvalue weighted by Gasteiger charge is -2.09. The summed E-state index contributed by atoms with van der Waals surface area (Å²) in [5, 5.41) is 11.3. The zero-order valence-electron chi connectivity index (χ0n) is 6.99. The first-order valence-corrected chi connectivity index (χ1v) is 5.57. The molecule has 0 aromatic rings. The highest BCUT2D eigenvalue weighted by Crippen LogP contribution is 1.99. The largest absolute Gasteiger partial charge is 0.480 e. The van der Waals surface area contributed by atoms with Crippen molar-refractivity contribution in [2.75, 3.05) is 18.8 Å². The Bertz CT molecular complexity index is 281. The van der Waals surface area contributed by atoms with Gasteiger partial charge >= 0.3 is 5.97 Å². The van der Waals surface area contributed by atoms with Crippen molar-refractivity contribution in [1.82, 2.24) is 10.0 Å². The lowest BCUT2D eigenvalue weighted by molar-refractivity contribution is -0.134. The summed E-state index contributed by atoms with van der Waals surface area (Å²) in [5.41, 5.74) is 0. The predicted molar refractivity (Wildman–Crippen MR) is 45.8 cm³/mol. The van der Waals surface area contributed by atoms with Crippen LogP contribution >= 0.6 is 0 Å². The molecule has 1 atom stereocenters. The molecular formula is C6H12N2O4S. The molecule has 0 saturated carbocycles. The van der Waals surface area contributed by atoms with Gasteiger partial charge in [0.2, 0.25) is 10.0 Å². The van der Waals surface area contributed by atoms with Crippen molar-refractivity contribution < 1.29 is 18.3 Å². The number of nitrogens with one attached hydrogen (secondary N) is 2. The molecule has 0 aromatic heterocycles. The van der Waals surface area contributed by atoms with Gasteiger partial charge in [0.05, 0.1) is 0 Å². The second kappa shape index (κ2) is 4.03. The summed E-state index contributed by atoms with van der Waals surface area (Å²) in [6.45, 7) is 1.33. The first-order chi connectivity index (χ1) is 5.99. The summed E-state index contributed by atoms with van der Waals surface area (Å²) in [4.78, 5) is 10.2. The van der Waals surface area contributed by atoms with E-state index in [9.17, 15) is 13.2 Å². The third kappa shape index (κ3) is 3.71. The van der Waals surface area contributed by atoms with Gasteiger partial charge in [-0.1, -0.05) is 0 Å². The standard InChI is InChI=1S/C6H12N2O4S/c9-6(10)4-13(11,12)8-5-1-2-7-3-5/h5,7-8H,1-4H2,(H,9,10). The summed E-state index contributed by atoms with van der Waals surface area (Å²) in [5.74, 6) is -2.19. The van der Waals surface area contributed by atoms with Crippen LogP contribution in [-0.2, 0) is 14.8 Å². The molecule has 1 unspecified atom stereocenters. The van der Waals surface area contributed by atoms with Crippen molar-refractivity contribution in [3.63, 3.8) is 0 Å². The predicted octanol–water partition coefficient (Wildman–Crippen LogP) is -1.65. The topological polar surface area (TPSA) is 95.5 Å². The number of aliphatic carboxylic acids is 1. The molecule has 6 nitrogen and oxygen atoms in total. The quantitative estimate of drug-likeness (QED) is 0.514. The van der Waals surface area contributed by atoms with Crippen LogP contribution in [0, 0.1) is 0 Å². The molecule has 1 rings (SSSR count). The lowest BCUT2D eigenvalue weighted by atomic mass is 10.3. The van der Waals surface area contributed by atoms with Crippen molar-refractivity contribution in [2.24, 2.45) is 0 Å². The maximum atomic E-state index is 11.1. The van der Waals surface area contributed by atoms with Gasteiger partial charge in [-0.3, -0.25) is 4.79 Å². The highest BCUT2D eigenvalue weighted by atomic mass is 32.2. The molecule has 0 bridgehead atoms. The third-order valence-corrected chi connectivity index (χ3v) is 3.04. The Labute approximate surface area is 76.4 Å². The number of hydrogen-bond donors (Lipinski definition) is 3. The molecule has 76 valence electrons. The average Bonchev–Trinajstić information content (AvgIpc) is 2.34. The molecule has 0 radical (unpaired) electrons. The summed E-state index contributed by atoms with van der Waals surface area (Å²) in [6, 6.07) is -0.163. The van der Waals surface area contributed by atoms with E-state index in [1.165, 1.54) is 0 Å². The SMILES string of the molecule is O=C(O)CS(=O)(=O)NC1CCNC1. The van der Waals surface area contributed by atoms with Crippen LogP contribution in [0.5, 0.6) is 0 Å². The minimum Gasteiger partial charge on any atom is -0.480 e. The molecule has 7 heteroatoms. The molecule has 0 spiro atoms. The van der Waals surface area contributed by atoms with E-state index in [1.54, 1.807) is 0 Å². The van der Waals surface area contributed by atoms with Crippen LogP contribution in [0.2, 0.25) is 0 Å². The Hall–Kier alpha value is -0.660. The van der Waals surface area contributed by atoms with E-state index in [0.29, 0.717) is 13.0 Å². The lowest BCUT2D eigenvalue weighted by Crippen LogP contribution is -2.39. The van der Waals surface area contributed by atoms with Gasteiger partial charge in [0.25, 0.3) is 0 Å². The molecule has 0 amide bonds. The van der Waals surface area contributed by atoms with Gasteiger partial charge in [0, 0.05) is 12.6 Å². The van der Waals surface area contributed by atoms with Gasteiger partial charge in [-0.25, -0.2) is 13.1 Å². The van der Waals surface area contributed by atoms with Crippen LogP contribution in [0.4, 0.5) is 0 Å². The van der Waals surface area contributed by atoms with E-state index in [2.05, 4.69) is 10.0 Å². The highest BCUT2D eigenvalue weighted by molar-refractivity contribution is 7.90. The number of carboxylic acids is 1. The summed E-state index contributed by atoms with van der Waals surface area (Å²) >= 11 is 0. The molecule has 1 aliphatic rings. The van der Waals surface area contributed by atoms with Crippen LogP contribution in [0.3, 0.4) is 0 Å². The fraction of sp³-hybridized carbons (Fsp3) is 0.833. The zero-order chi connectivity index (χ0) is 9.90. The molecule has 1 fully saturated rings. The number of carbonyl (C=O) groups is 1. The molecular weight excluding hydrogens is 196 g/mol. The molecule has 1 heterocycles. The summed E-state index contributed by atoms with van der Waals surface area (Å²) in [7, 11) is -3.65. The van der Waals surface area contributed by atoms with E-state index in [-0.39, 0.29) is 6.04 Å². The second-order valence-electron chi connectivity index (χ2n) is 2.96. The fourth-order valence-corrected chi connectivity index (χ4v) is 2.33. The maximum Gasteiger partial charge on any atom is 0.320 e. The van der Waals surface area contributed by atoms with Gasteiger partial charge in [-0.15, -0.1) is 0 Å². The minimum absolute atomic E-state index is 0.163. The molecule has 0 aromatic carbocycles. The fourth-order valence-electron chi connectivity index (χ4n) is 1.21. The molecule has 1 saturated heterocycles. The Morgan fingerprint density at radius 1 is 1.62 bits per heavy atom.